The van der Waals surface area contributed by atoms with E-state index in [0.29, 0.717) is 29.9 Å². The van der Waals surface area contributed by atoms with Gasteiger partial charge in [0.15, 0.2) is 0 Å². The summed E-state index contributed by atoms with van der Waals surface area (Å²) >= 11 is 1.60. The SMILES string of the molecule is Cc1sc(CNC2CC2)cc1S(=O)(=O)N1CCC(C)C1. The van der Waals surface area contributed by atoms with Crippen molar-refractivity contribution in [2.24, 2.45) is 5.92 Å². The highest BCUT2D eigenvalue weighted by Crippen LogP contribution is 2.31. The van der Waals surface area contributed by atoms with Crippen molar-refractivity contribution in [1.82, 2.24) is 9.62 Å². The van der Waals surface area contributed by atoms with Gasteiger partial charge in [-0.3, -0.25) is 0 Å². The van der Waals surface area contributed by atoms with E-state index in [2.05, 4.69) is 12.2 Å². The number of aryl methyl sites for hydroxylation is 1. The van der Waals surface area contributed by atoms with Gasteiger partial charge < -0.3 is 5.32 Å². The second-order valence-electron chi connectivity index (χ2n) is 6.05. The van der Waals surface area contributed by atoms with Gasteiger partial charge in [-0.15, -0.1) is 11.3 Å². The lowest BCUT2D eigenvalue weighted by Crippen LogP contribution is -2.28. The zero-order chi connectivity index (χ0) is 14.3. The number of nitrogens with zero attached hydrogens (tertiary/aromatic N) is 1. The lowest BCUT2D eigenvalue weighted by Gasteiger charge is -2.15. The molecular weight excluding hydrogens is 292 g/mol. The molecule has 2 heterocycles. The van der Waals surface area contributed by atoms with E-state index in [4.69, 9.17) is 0 Å². The number of rotatable bonds is 5. The third kappa shape index (κ3) is 2.93. The normalized spacial score (nSPS) is 24.4. The average Bonchev–Trinajstić information content (AvgIpc) is 2.99. The van der Waals surface area contributed by atoms with Gasteiger partial charge in [0, 0.05) is 35.4 Å². The number of thiophene rings is 1. The van der Waals surface area contributed by atoms with Gasteiger partial charge in [0.05, 0.1) is 4.90 Å². The maximum atomic E-state index is 12.7. The summed E-state index contributed by atoms with van der Waals surface area (Å²) in [5.74, 6) is 0.472. The summed E-state index contributed by atoms with van der Waals surface area (Å²) in [7, 11) is -3.29. The Kier molecular flexibility index (Phi) is 3.92. The van der Waals surface area contributed by atoms with Gasteiger partial charge in [-0.1, -0.05) is 6.92 Å². The fraction of sp³-hybridized carbons (Fsp3) is 0.714. The molecule has 1 saturated carbocycles. The molecule has 0 spiro atoms. The third-order valence-corrected chi connectivity index (χ3v) is 7.24. The Morgan fingerprint density at radius 2 is 2.15 bits per heavy atom. The molecular formula is C14H22N2O2S2. The molecule has 1 aromatic rings. The van der Waals surface area contributed by atoms with Crippen molar-refractivity contribution < 1.29 is 8.42 Å². The van der Waals surface area contributed by atoms with Crippen LogP contribution in [-0.2, 0) is 16.6 Å². The Balaban J connectivity index is 1.77. The van der Waals surface area contributed by atoms with Gasteiger partial charge in [-0.25, -0.2) is 8.42 Å². The molecule has 1 N–H and O–H groups in total. The highest BCUT2D eigenvalue weighted by molar-refractivity contribution is 7.89. The summed E-state index contributed by atoms with van der Waals surface area (Å²) in [4.78, 5) is 2.56. The molecule has 1 atom stereocenters. The monoisotopic (exact) mass is 314 g/mol. The molecule has 1 aromatic heterocycles. The van der Waals surface area contributed by atoms with E-state index >= 15 is 0 Å². The summed E-state index contributed by atoms with van der Waals surface area (Å²) in [5.41, 5.74) is 0. The Hall–Kier alpha value is -0.430. The maximum Gasteiger partial charge on any atom is 0.244 e. The molecule has 0 bridgehead atoms. The van der Waals surface area contributed by atoms with E-state index in [1.807, 2.05) is 13.0 Å². The van der Waals surface area contributed by atoms with E-state index < -0.39 is 10.0 Å². The van der Waals surface area contributed by atoms with E-state index in [9.17, 15) is 8.42 Å². The first kappa shape index (κ1) is 14.5. The zero-order valence-corrected chi connectivity index (χ0v) is 13.7. The zero-order valence-electron chi connectivity index (χ0n) is 12.1. The molecule has 0 amide bonds. The Morgan fingerprint density at radius 3 is 2.75 bits per heavy atom. The minimum absolute atomic E-state index is 0.472. The van der Waals surface area contributed by atoms with Gasteiger partial charge in [-0.05, 0) is 38.2 Å². The van der Waals surface area contributed by atoms with Crippen LogP contribution in [0.15, 0.2) is 11.0 Å². The van der Waals surface area contributed by atoms with Crippen molar-refractivity contribution in [3.8, 4) is 0 Å². The second-order valence-corrected chi connectivity index (χ2v) is 9.29. The Morgan fingerprint density at radius 1 is 1.40 bits per heavy atom. The van der Waals surface area contributed by atoms with Crippen molar-refractivity contribution in [3.05, 3.63) is 15.8 Å². The molecule has 2 aliphatic rings. The van der Waals surface area contributed by atoms with E-state index in [-0.39, 0.29) is 0 Å². The number of hydrogen-bond donors (Lipinski definition) is 1. The molecule has 20 heavy (non-hydrogen) atoms. The van der Waals surface area contributed by atoms with E-state index in [1.165, 1.54) is 12.8 Å². The van der Waals surface area contributed by atoms with Crippen LogP contribution in [0.2, 0.25) is 0 Å². The Bertz CT molecular complexity index is 590. The van der Waals surface area contributed by atoms with Crippen molar-refractivity contribution in [3.63, 3.8) is 0 Å². The van der Waals surface area contributed by atoms with Crippen LogP contribution in [0.3, 0.4) is 0 Å². The molecule has 1 unspecified atom stereocenters. The highest BCUT2D eigenvalue weighted by Gasteiger charge is 2.32. The van der Waals surface area contributed by atoms with Gasteiger partial charge in [0.1, 0.15) is 0 Å². The first-order chi connectivity index (χ1) is 9.46. The van der Waals surface area contributed by atoms with Crippen LogP contribution in [0, 0.1) is 12.8 Å². The predicted molar refractivity (Wildman–Crippen MR) is 81.5 cm³/mol. The van der Waals surface area contributed by atoms with Gasteiger partial charge in [-0.2, -0.15) is 4.31 Å². The second kappa shape index (κ2) is 5.40. The molecule has 112 valence electrons. The minimum Gasteiger partial charge on any atom is -0.309 e. The van der Waals surface area contributed by atoms with Crippen LogP contribution < -0.4 is 5.32 Å². The topological polar surface area (TPSA) is 49.4 Å². The van der Waals surface area contributed by atoms with E-state index in [1.54, 1.807) is 15.6 Å². The Labute approximate surface area is 125 Å². The highest BCUT2D eigenvalue weighted by atomic mass is 32.2. The predicted octanol–water partition coefficient (Wildman–Crippen LogP) is 2.34. The fourth-order valence-corrected chi connectivity index (χ4v) is 5.78. The molecule has 0 aromatic carbocycles. The number of hydrogen-bond acceptors (Lipinski definition) is 4. The van der Waals surface area contributed by atoms with Crippen LogP contribution >= 0.6 is 11.3 Å². The molecule has 3 rings (SSSR count). The molecule has 1 aliphatic heterocycles. The van der Waals surface area contributed by atoms with Crippen LogP contribution in [0.1, 0.15) is 35.9 Å². The maximum absolute atomic E-state index is 12.7. The lowest BCUT2D eigenvalue weighted by atomic mass is 10.2. The molecule has 1 saturated heterocycles. The van der Waals surface area contributed by atoms with Crippen molar-refractivity contribution in [2.45, 2.75) is 50.6 Å². The van der Waals surface area contributed by atoms with Crippen molar-refractivity contribution >= 4 is 21.4 Å². The quantitative estimate of drug-likeness (QED) is 0.907. The molecule has 2 fully saturated rings. The van der Waals surface area contributed by atoms with Crippen LogP contribution in [-0.4, -0.2) is 31.9 Å². The van der Waals surface area contributed by atoms with Crippen LogP contribution in [0.4, 0.5) is 0 Å². The summed E-state index contributed by atoms with van der Waals surface area (Å²) in [6.45, 7) is 6.14. The van der Waals surface area contributed by atoms with Crippen LogP contribution in [0.25, 0.3) is 0 Å². The van der Waals surface area contributed by atoms with Crippen molar-refractivity contribution in [2.75, 3.05) is 13.1 Å². The van der Waals surface area contributed by atoms with Crippen molar-refractivity contribution in [1.29, 1.82) is 0 Å². The standard InChI is InChI=1S/C14H22N2O2S2/c1-10-5-6-16(9-10)20(17,18)14-7-13(19-11(14)2)8-15-12-3-4-12/h7,10,12,15H,3-6,8-9H2,1-2H3. The summed E-state index contributed by atoms with van der Waals surface area (Å²) in [6, 6.07) is 2.52. The first-order valence-electron chi connectivity index (χ1n) is 7.29. The molecule has 6 heteroatoms. The summed E-state index contributed by atoms with van der Waals surface area (Å²) in [6.07, 6.45) is 3.47. The largest absolute Gasteiger partial charge is 0.309 e. The molecule has 0 radical (unpaired) electrons. The van der Waals surface area contributed by atoms with Gasteiger partial charge >= 0.3 is 0 Å². The fourth-order valence-electron chi connectivity index (χ4n) is 2.65. The smallest absolute Gasteiger partial charge is 0.244 e. The minimum atomic E-state index is -3.29. The molecule has 1 aliphatic carbocycles. The van der Waals surface area contributed by atoms with Gasteiger partial charge in [0.25, 0.3) is 0 Å². The summed E-state index contributed by atoms with van der Waals surface area (Å²) in [5, 5.41) is 3.44. The first-order valence-corrected chi connectivity index (χ1v) is 9.55. The van der Waals surface area contributed by atoms with E-state index in [0.717, 1.165) is 22.7 Å². The summed E-state index contributed by atoms with van der Waals surface area (Å²) < 4.78 is 27.0. The van der Waals surface area contributed by atoms with Crippen LogP contribution in [0.5, 0.6) is 0 Å². The number of sulfonamides is 1. The third-order valence-electron chi connectivity index (χ3n) is 4.07. The lowest BCUT2D eigenvalue weighted by molar-refractivity contribution is 0.464. The molecule has 4 nitrogen and oxygen atoms in total. The average molecular weight is 314 g/mol. The number of nitrogens with one attached hydrogen (secondary N) is 1. The van der Waals surface area contributed by atoms with Gasteiger partial charge in [0.2, 0.25) is 10.0 Å².